The molecule has 4 nitrogen and oxygen atoms in total. The summed E-state index contributed by atoms with van der Waals surface area (Å²) in [6.07, 6.45) is 0. The van der Waals surface area contributed by atoms with Crippen LogP contribution in [0.15, 0.2) is 18.2 Å². The molecule has 0 atom stereocenters. The summed E-state index contributed by atoms with van der Waals surface area (Å²) in [5.74, 6) is 5.31. The highest BCUT2D eigenvalue weighted by Crippen LogP contribution is 2.18. The Morgan fingerprint density at radius 2 is 2.06 bits per heavy atom. The fraction of sp³-hybridized carbons (Fsp3) is 0.333. The van der Waals surface area contributed by atoms with E-state index in [9.17, 15) is 15.2 Å². The van der Waals surface area contributed by atoms with Crippen LogP contribution >= 0.6 is 0 Å². The second kappa shape index (κ2) is 4.33. The van der Waals surface area contributed by atoms with Crippen LogP contribution in [0.5, 0.6) is 0 Å². The van der Waals surface area contributed by atoms with Crippen molar-refractivity contribution >= 4 is 5.69 Å². The van der Waals surface area contributed by atoms with Gasteiger partial charge in [-0.1, -0.05) is 17.9 Å². The summed E-state index contributed by atoms with van der Waals surface area (Å²) in [7, 11) is 0. The molecule has 0 bridgehead atoms. The molecule has 0 aliphatic heterocycles. The zero-order valence-electron chi connectivity index (χ0n) is 9.44. The zero-order valence-corrected chi connectivity index (χ0v) is 9.44. The quantitative estimate of drug-likeness (QED) is 0.446. The van der Waals surface area contributed by atoms with Gasteiger partial charge in [-0.15, -0.1) is 0 Å². The maximum atomic E-state index is 10.7. The first-order chi connectivity index (χ1) is 7.29. The van der Waals surface area contributed by atoms with Crippen molar-refractivity contribution in [1.82, 2.24) is 0 Å². The molecule has 84 valence electrons. The Bertz CT molecular complexity index is 475. The SMILES string of the molecule is Cc1ccc(C#CC(C)(C)O)cc1[N+](=O)[O-]. The number of nitro benzene ring substituents is 1. The minimum atomic E-state index is -1.10. The van der Waals surface area contributed by atoms with Gasteiger partial charge < -0.3 is 5.11 Å². The molecule has 4 heteroatoms. The Hall–Kier alpha value is -1.86. The normalized spacial score (nSPS) is 10.5. The summed E-state index contributed by atoms with van der Waals surface area (Å²) in [6, 6.07) is 4.75. The Labute approximate surface area is 94.1 Å². The largest absolute Gasteiger partial charge is 0.378 e. The van der Waals surface area contributed by atoms with Crippen molar-refractivity contribution < 1.29 is 10.0 Å². The molecular weight excluding hydrogens is 206 g/mol. The van der Waals surface area contributed by atoms with Crippen LogP contribution in [0.4, 0.5) is 5.69 Å². The highest BCUT2D eigenvalue weighted by atomic mass is 16.6. The topological polar surface area (TPSA) is 63.4 Å². The zero-order chi connectivity index (χ0) is 12.3. The average Bonchev–Trinajstić information content (AvgIpc) is 2.14. The van der Waals surface area contributed by atoms with Crippen LogP contribution in [0.25, 0.3) is 0 Å². The van der Waals surface area contributed by atoms with E-state index < -0.39 is 10.5 Å². The molecule has 0 saturated carbocycles. The number of rotatable bonds is 1. The molecule has 0 fully saturated rings. The predicted molar refractivity (Wildman–Crippen MR) is 61.0 cm³/mol. The summed E-state index contributed by atoms with van der Waals surface area (Å²) in [5, 5.41) is 20.1. The van der Waals surface area contributed by atoms with Crippen molar-refractivity contribution in [3.63, 3.8) is 0 Å². The smallest absolute Gasteiger partial charge is 0.273 e. The van der Waals surface area contributed by atoms with Crippen LogP contribution in [0.2, 0.25) is 0 Å². The number of nitro groups is 1. The van der Waals surface area contributed by atoms with Crippen molar-refractivity contribution in [3.8, 4) is 11.8 Å². The highest BCUT2D eigenvalue weighted by molar-refractivity contribution is 5.48. The lowest BCUT2D eigenvalue weighted by molar-refractivity contribution is -0.385. The van der Waals surface area contributed by atoms with Crippen LogP contribution in [-0.4, -0.2) is 15.6 Å². The lowest BCUT2D eigenvalue weighted by atomic mass is 10.1. The van der Waals surface area contributed by atoms with E-state index in [4.69, 9.17) is 0 Å². The van der Waals surface area contributed by atoms with E-state index in [2.05, 4.69) is 11.8 Å². The second-order valence-electron chi connectivity index (χ2n) is 4.07. The third-order valence-corrected chi connectivity index (χ3v) is 1.92. The number of hydrogen-bond acceptors (Lipinski definition) is 3. The second-order valence-corrected chi connectivity index (χ2v) is 4.07. The summed E-state index contributed by atoms with van der Waals surface area (Å²) in [4.78, 5) is 10.2. The van der Waals surface area contributed by atoms with Gasteiger partial charge in [0.15, 0.2) is 0 Å². The maximum absolute atomic E-state index is 10.7. The number of aryl methyl sites for hydroxylation is 1. The van der Waals surface area contributed by atoms with Crippen LogP contribution in [-0.2, 0) is 0 Å². The van der Waals surface area contributed by atoms with Gasteiger partial charge in [0.25, 0.3) is 5.69 Å². The minimum Gasteiger partial charge on any atom is -0.378 e. The molecular formula is C12H13NO3. The van der Waals surface area contributed by atoms with Crippen LogP contribution in [0, 0.1) is 28.9 Å². The molecule has 0 heterocycles. The molecule has 1 rings (SSSR count). The molecule has 1 aromatic rings. The molecule has 0 aromatic heterocycles. The molecule has 0 radical (unpaired) electrons. The van der Waals surface area contributed by atoms with Gasteiger partial charge in [-0.3, -0.25) is 10.1 Å². The monoisotopic (exact) mass is 219 g/mol. The van der Waals surface area contributed by atoms with E-state index in [1.165, 1.54) is 6.07 Å². The summed E-state index contributed by atoms with van der Waals surface area (Å²) < 4.78 is 0. The Morgan fingerprint density at radius 1 is 1.44 bits per heavy atom. The standard InChI is InChI=1S/C12H13NO3/c1-9-4-5-10(6-7-12(2,3)14)8-11(9)13(15)16/h4-5,8,14H,1-3H3. The lowest BCUT2D eigenvalue weighted by Crippen LogP contribution is -2.14. The molecule has 16 heavy (non-hydrogen) atoms. The van der Waals surface area contributed by atoms with E-state index in [1.807, 2.05) is 0 Å². The van der Waals surface area contributed by atoms with Crippen molar-refractivity contribution in [3.05, 3.63) is 39.4 Å². The Morgan fingerprint density at radius 3 is 2.56 bits per heavy atom. The van der Waals surface area contributed by atoms with E-state index in [0.717, 1.165) is 0 Å². The fourth-order valence-corrected chi connectivity index (χ4v) is 1.11. The van der Waals surface area contributed by atoms with E-state index in [1.54, 1.807) is 32.9 Å². The molecule has 1 N–H and O–H groups in total. The predicted octanol–water partition coefficient (Wildman–Crippen LogP) is 2.03. The molecule has 0 unspecified atom stereocenters. The van der Waals surface area contributed by atoms with Crippen molar-refractivity contribution in [2.75, 3.05) is 0 Å². The van der Waals surface area contributed by atoms with Gasteiger partial charge in [-0.05, 0) is 26.8 Å². The number of benzene rings is 1. The average molecular weight is 219 g/mol. The van der Waals surface area contributed by atoms with Crippen LogP contribution in [0.1, 0.15) is 25.0 Å². The van der Waals surface area contributed by atoms with E-state index in [-0.39, 0.29) is 5.69 Å². The van der Waals surface area contributed by atoms with Crippen molar-refractivity contribution in [2.45, 2.75) is 26.4 Å². The first kappa shape index (κ1) is 12.2. The summed E-state index contributed by atoms with van der Waals surface area (Å²) in [5.41, 5.74) is 0.0698. The van der Waals surface area contributed by atoms with Crippen LogP contribution in [0.3, 0.4) is 0 Å². The minimum absolute atomic E-state index is 0.0440. The molecule has 0 aliphatic rings. The third kappa shape index (κ3) is 3.37. The van der Waals surface area contributed by atoms with Gasteiger partial charge in [0.2, 0.25) is 0 Å². The molecule has 0 aliphatic carbocycles. The number of nitrogens with zero attached hydrogens (tertiary/aromatic N) is 1. The summed E-state index contributed by atoms with van der Waals surface area (Å²) in [6.45, 7) is 4.79. The van der Waals surface area contributed by atoms with Gasteiger partial charge in [0.05, 0.1) is 4.92 Å². The molecule has 1 aromatic carbocycles. The third-order valence-electron chi connectivity index (χ3n) is 1.92. The van der Waals surface area contributed by atoms with Gasteiger partial charge in [0.1, 0.15) is 5.60 Å². The van der Waals surface area contributed by atoms with E-state index in [0.29, 0.717) is 11.1 Å². The maximum Gasteiger partial charge on any atom is 0.273 e. The molecule has 0 amide bonds. The van der Waals surface area contributed by atoms with Crippen molar-refractivity contribution in [2.24, 2.45) is 0 Å². The van der Waals surface area contributed by atoms with Gasteiger partial charge in [-0.25, -0.2) is 0 Å². The fourth-order valence-electron chi connectivity index (χ4n) is 1.11. The first-order valence-electron chi connectivity index (χ1n) is 4.80. The van der Waals surface area contributed by atoms with E-state index >= 15 is 0 Å². The number of aliphatic hydroxyl groups is 1. The Kier molecular flexibility index (Phi) is 3.31. The van der Waals surface area contributed by atoms with Crippen molar-refractivity contribution in [1.29, 1.82) is 0 Å². The van der Waals surface area contributed by atoms with Gasteiger partial charge in [0, 0.05) is 17.2 Å². The molecule has 0 saturated heterocycles. The lowest BCUT2D eigenvalue weighted by Gasteiger charge is -2.05. The summed E-state index contributed by atoms with van der Waals surface area (Å²) >= 11 is 0. The molecule has 0 spiro atoms. The van der Waals surface area contributed by atoms with Gasteiger partial charge in [-0.2, -0.15) is 0 Å². The Balaban J connectivity index is 3.13. The number of hydrogen-bond donors (Lipinski definition) is 1. The van der Waals surface area contributed by atoms with Gasteiger partial charge >= 0.3 is 0 Å². The highest BCUT2D eigenvalue weighted by Gasteiger charge is 2.10. The first-order valence-corrected chi connectivity index (χ1v) is 4.80. The van der Waals surface area contributed by atoms with Crippen LogP contribution < -0.4 is 0 Å².